The standard InChI is InChI=1S/C19H21NO3/c1-13-9-14(2)11-17(10-13)19(22)23-15(3)18(21)20-12-16-7-5-4-6-8-16/h4-11,15H,12H2,1-3H3,(H,20,21)/t15-/m1/s1. The minimum Gasteiger partial charge on any atom is -0.449 e. The highest BCUT2D eigenvalue weighted by Gasteiger charge is 2.18. The number of carbonyl (C=O) groups is 2. The van der Waals surface area contributed by atoms with E-state index in [1.165, 1.54) is 0 Å². The summed E-state index contributed by atoms with van der Waals surface area (Å²) in [6, 6.07) is 15.1. The Morgan fingerprint density at radius 1 is 1.04 bits per heavy atom. The van der Waals surface area contributed by atoms with Gasteiger partial charge in [-0.25, -0.2) is 4.79 Å². The van der Waals surface area contributed by atoms with E-state index in [-0.39, 0.29) is 5.91 Å². The fraction of sp³-hybridized carbons (Fsp3) is 0.263. The zero-order valence-corrected chi connectivity index (χ0v) is 13.6. The van der Waals surface area contributed by atoms with Gasteiger partial charge in [0.1, 0.15) is 0 Å². The number of benzene rings is 2. The summed E-state index contributed by atoms with van der Waals surface area (Å²) >= 11 is 0. The summed E-state index contributed by atoms with van der Waals surface area (Å²) < 4.78 is 5.25. The maximum Gasteiger partial charge on any atom is 0.338 e. The van der Waals surface area contributed by atoms with Crippen molar-refractivity contribution in [3.8, 4) is 0 Å². The maximum absolute atomic E-state index is 12.1. The molecule has 23 heavy (non-hydrogen) atoms. The highest BCUT2D eigenvalue weighted by atomic mass is 16.5. The molecule has 0 aromatic heterocycles. The van der Waals surface area contributed by atoms with E-state index in [4.69, 9.17) is 4.74 Å². The minimum absolute atomic E-state index is 0.313. The van der Waals surface area contributed by atoms with Crippen LogP contribution >= 0.6 is 0 Å². The summed E-state index contributed by atoms with van der Waals surface area (Å²) in [5, 5.41) is 2.76. The topological polar surface area (TPSA) is 55.4 Å². The van der Waals surface area contributed by atoms with Crippen LogP contribution in [0.2, 0.25) is 0 Å². The Morgan fingerprint density at radius 2 is 1.65 bits per heavy atom. The quantitative estimate of drug-likeness (QED) is 0.863. The normalized spacial score (nSPS) is 11.6. The van der Waals surface area contributed by atoms with Crippen LogP contribution in [-0.2, 0) is 16.1 Å². The van der Waals surface area contributed by atoms with Crippen LogP contribution in [-0.4, -0.2) is 18.0 Å². The smallest absolute Gasteiger partial charge is 0.338 e. The first-order chi connectivity index (χ1) is 11.0. The Kier molecular flexibility index (Phi) is 5.52. The second-order valence-corrected chi connectivity index (χ2v) is 5.63. The first kappa shape index (κ1) is 16.7. The van der Waals surface area contributed by atoms with Gasteiger partial charge in [0.05, 0.1) is 5.56 Å². The number of hydrogen-bond donors (Lipinski definition) is 1. The van der Waals surface area contributed by atoms with E-state index < -0.39 is 12.1 Å². The van der Waals surface area contributed by atoms with Crippen LogP contribution in [0.25, 0.3) is 0 Å². The molecule has 4 heteroatoms. The molecule has 1 amide bonds. The summed E-state index contributed by atoms with van der Waals surface area (Å²) in [5.41, 5.74) is 3.43. The van der Waals surface area contributed by atoms with Gasteiger partial charge in [0.25, 0.3) is 5.91 Å². The molecule has 2 aromatic carbocycles. The molecule has 0 saturated carbocycles. The molecule has 1 atom stereocenters. The predicted octanol–water partition coefficient (Wildman–Crippen LogP) is 3.17. The molecule has 4 nitrogen and oxygen atoms in total. The molecule has 120 valence electrons. The van der Waals surface area contributed by atoms with Crippen molar-refractivity contribution in [2.75, 3.05) is 0 Å². The van der Waals surface area contributed by atoms with Crippen molar-refractivity contribution >= 4 is 11.9 Å². The fourth-order valence-corrected chi connectivity index (χ4v) is 2.30. The average molecular weight is 311 g/mol. The third-order valence-corrected chi connectivity index (χ3v) is 3.42. The molecule has 2 aromatic rings. The number of ether oxygens (including phenoxy) is 1. The zero-order chi connectivity index (χ0) is 16.8. The summed E-state index contributed by atoms with van der Waals surface area (Å²) in [5.74, 6) is -0.800. The Hall–Kier alpha value is -2.62. The number of carbonyl (C=O) groups excluding carboxylic acids is 2. The second-order valence-electron chi connectivity index (χ2n) is 5.63. The number of aryl methyl sites for hydroxylation is 2. The zero-order valence-electron chi connectivity index (χ0n) is 13.6. The number of rotatable bonds is 5. The van der Waals surface area contributed by atoms with E-state index in [9.17, 15) is 9.59 Å². The van der Waals surface area contributed by atoms with Gasteiger partial charge < -0.3 is 10.1 Å². The molecule has 0 fully saturated rings. The van der Waals surface area contributed by atoms with Crippen LogP contribution in [0.1, 0.15) is 34.0 Å². The van der Waals surface area contributed by atoms with Gasteiger partial charge in [0.15, 0.2) is 6.10 Å². The van der Waals surface area contributed by atoms with Crippen LogP contribution < -0.4 is 5.32 Å². The SMILES string of the molecule is Cc1cc(C)cc(C(=O)O[C@H](C)C(=O)NCc2ccccc2)c1. The van der Waals surface area contributed by atoms with Gasteiger partial charge in [0, 0.05) is 6.54 Å². The van der Waals surface area contributed by atoms with E-state index in [1.54, 1.807) is 19.1 Å². The van der Waals surface area contributed by atoms with Gasteiger partial charge >= 0.3 is 5.97 Å². The van der Waals surface area contributed by atoms with Gasteiger partial charge in [0.2, 0.25) is 0 Å². The highest BCUT2D eigenvalue weighted by Crippen LogP contribution is 2.11. The first-order valence-corrected chi connectivity index (χ1v) is 7.56. The second kappa shape index (κ2) is 7.58. The summed E-state index contributed by atoms with van der Waals surface area (Å²) in [6.45, 7) is 5.81. The number of amides is 1. The molecular formula is C19H21NO3. The van der Waals surface area contributed by atoms with Crippen LogP contribution in [0, 0.1) is 13.8 Å². The lowest BCUT2D eigenvalue weighted by Crippen LogP contribution is -2.35. The maximum atomic E-state index is 12.1. The molecule has 1 N–H and O–H groups in total. The lowest BCUT2D eigenvalue weighted by atomic mass is 10.1. The van der Waals surface area contributed by atoms with Crippen molar-refractivity contribution in [3.63, 3.8) is 0 Å². The number of esters is 1. The Balaban J connectivity index is 1.91. The molecular weight excluding hydrogens is 290 g/mol. The third-order valence-electron chi connectivity index (χ3n) is 3.42. The predicted molar refractivity (Wildman–Crippen MR) is 89.1 cm³/mol. The molecule has 0 aliphatic carbocycles. The van der Waals surface area contributed by atoms with E-state index in [0.29, 0.717) is 12.1 Å². The molecule has 0 saturated heterocycles. The van der Waals surface area contributed by atoms with E-state index in [0.717, 1.165) is 16.7 Å². The minimum atomic E-state index is -0.841. The number of hydrogen-bond acceptors (Lipinski definition) is 3. The lowest BCUT2D eigenvalue weighted by Gasteiger charge is -2.14. The molecule has 0 unspecified atom stereocenters. The monoisotopic (exact) mass is 311 g/mol. The largest absolute Gasteiger partial charge is 0.449 e. The fourth-order valence-electron chi connectivity index (χ4n) is 2.30. The number of nitrogens with one attached hydrogen (secondary N) is 1. The van der Waals surface area contributed by atoms with Gasteiger partial charge in [-0.2, -0.15) is 0 Å². The van der Waals surface area contributed by atoms with Crippen molar-refractivity contribution in [3.05, 3.63) is 70.8 Å². The lowest BCUT2D eigenvalue weighted by molar-refractivity contribution is -0.129. The molecule has 0 spiro atoms. The van der Waals surface area contributed by atoms with E-state index in [2.05, 4.69) is 5.32 Å². The average Bonchev–Trinajstić information content (AvgIpc) is 2.52. The summed E-state index contributed by atoms with van der Waals surface area (Å²) in [6.07, 6.45) is -0.841. The van der Waals surface area contributed by atoms with Crippen LogP contribution in [0.4, 0.5) is 0 Å². The van der Waals surface area contributed by atoms with Crippen molar-refractivity contribution in [1.82, 2.24) is 5.32 Å². The highest BCUT2D eigenvalue weighted by molar-refractivity contribution is 5.92. The van der Waals surface area contributed by atoms with Crippen LogP contribution in [0.5, 0.6) is 0 Å². The third kappa shape index (κ3) is 4.95. The Morgan fingerprint density at radius 3 is 2.26 bits per heavy atom. The van der Waals surface area contributed by atoms with E-state index in [1.807, 2.05) is 50.2 Å². The summed E-state index contributed by atoms with van der Waals surface area (Å²) in [7, 11) is 0. The van der Waals surface area contributed by atoms with Crippen molar-refractivity contribution in [2.24, 2.45) is 0 Å². The molecule has 0 heterocycles. The van der Waals surface area contributed by atoms with Gasteiger partial charge in [-0.15, -0.1) is 0 Å². The van der Waals surface area contributed by atoms with Crippen LogP contribution in [0.3, 0.4) is 0 Å². The Labute approximate surface area is 136 Å². The van der Waals surface area contributed by atoms with E-state index >= 15 is 0 Å². The molecule has 0 aliphatic heterocycles. The Bertz CT molecular complexity index is 675. The van der Waals surface area contributed by atoms with Gasteiger partial charge in [-0.1, -0.05) is 47.5 Å². The molecule has 0 bridgehead atoms. The van der Waals surface area contributed by atoms with Gasteiger partial charge in [-0.05, 0) is 38.5 Å². The molecule has 0 aliphatic rings. The van der Waals surface area contributed by atoms with Crippen molar-refractivity contribution in [2.45, 2.75) is 33.4 Å². The first-order valence-electron chi connectivity index (χ1n) is 7.56. The summed E-state index contributed by atoms with van der Waals surface area (Å²) in [4.78, 5) is 24.2. The molecule has 0 radical (unpaired) electrons. The van der Waals surface area contributed by atoms with Crippen molar-refractivity contribution in [1.29, 1.82) is 0 Å². The van der Waals surface area contributed by atoms with Gasteiger partial charge in [-0.3, -0.25) is 4.79 Å². The molecule has 2 rings (SSSR count). The van der Waals surface area contributed by atoms with Crippen molar-refractivity contribution < 1.29 is 14.3 Å². The van der Waals surface area contributed by atoms with Crippen LogP contribution in [0.15, 0.2) is 48.5 Å².